The Balaban J connectivity index is 3.59. The van der Waals surface area contributed by atoms with E-state index in [4.69, 9.17) is 9.47 Å². The van der Waals surface area contributed by atoms with Crippen molar-refractivity contribution in [1.82, 2.24) is 0 Å². The minimum atomic E-state index is -0.203. The standard InChI is InChI=1S/C17H28O4/c1-5-20-16(18)12-14(3)10-8-7-9-11-15(4)13-17(19)21-6-2/h3-13H2,1-2H3. The van der Waals surface area contributed by atoms with Gasteiger partial charge >= 0.3 is 11.9 Å². The molecule has 0 rings (SSSR count). The fraction of sp³-hybridized carbons (Fsp3) is 0.647. The van der Waals surface area contributed by atoms with E-state index < -0.39 is 0 Å². The fourth-order valence-electron chi connectivity index (χ4n) is 1.94. The molecular formula is C17H28O4. The Hall–Kier alpha value is -1.58. The lowest BCUT2D eigenvalue weighted by Gasteiger charge is -2.07. The number of carbonyl (C=O) groups is 2. The van der Waals surface area contributed by atoms with E-state index in [2.05, 4.69) is 13.2 Å². The molecule has 0 unspecified atom stereocenters. The van der Waals surface area contributed by atoms with Gasteiger partial charge in [0.05, 0.1) is 26.1 Å². The van der Waals surface area contributed by atoms with Gasteiger partial charge in [-0.25, -0.2) is 0 Å². The van der Waals surface area contributed by atoms with E-state index in [0.29, 0.717) is 26.1 Å². The fourth-order valence-corrected chi connectivity index (χ4v) is 1.94. The van der Waals surface area contributed by atoms with Crippen LogP contribution in [0.3, 0.4) is 0 Å². The molecule has 0 aliphatic carbocycles. The van der Waals surface area contributed by atoms with Crippen molar-refractivity contribution in [2.75, 3.05) is 13.2 Å². The van der Waals surface area contributed by atoms with Crippen molar-refractivity contribution in [1.29, 1.82) is 0 Å². The maximum absolute atomic E-state index is 11.2. The van der Waals surface area contributed by atoms with Gasteiger partial charge in [-0.05, 0) is 39.5 Å². The van der Waals surface area contributed by atoms with Crippen LogP contribution >= 0.6 is 0 Å². The van der Waals surface area contributed by atoms with Gasteiger partial charge in [0.25, 0.3) is 0 Å². The van der Waals surface area contributed by atoms with Crippen LogP contribution in [0.25, 0.3) is 0 Å². The second-order valence-electron chi connectivity index (χ2n) is 5.02. The Morgan fingerprint density at radius 3 is 1.48 bits per heavy atom. The van der Waals surface area contributed by atoms with Crippen molar-refractivity contribution in [3.63, 3.8) is 0 Å². The third-order valence-corrected chi connectivity index (χ3v) is 2.96. The van der Waals surface area contributed by atoms with Gasteiger partial charge in [-0.3, -0.25) is 9.59 Å². The molecule has 0 aromatic heterocycles. The minimum Gasteiger partial charge on any atom is -0.466 e. The van der Waals surface area contributed by atoms with Crippen molar-refractivity contribution >= 4 is 11.9 Å². The molecule has 0 aromatic rings. The number of hydrogen-bond donors (Lipinski definition) is 0. The van der Waals surface area contributed by atoms with E-state index in [1.54, 1.807) is 13.8 Å². The maximum atomic E-state index is 11.2. The number of carbonyl (C=O) groups excluding carboxylic acids is 2. The first-order chi connectivity index (χ1) is 9.99. The normalized spacial score (nSPS) is 10.0. The van der Waals surface area contributed by atoms with Gasteiger partial charge in [-0.1, -0.05) is 30.7 Å². The highest BCUT2D eigenvalue weighted by Crippen LogP contribution is 2.15. The first kappa shape index (κ1) is 19.4. The summed E-state index contributed by atoms with van der Waals surface area (Å²) in [6.45, 7) is 12.2. The Bertz CT molecular complexity index is 324. The van der Waals surface area contributed by atoms with Crippen LogP contribution in [0.4, 0.5) is 0 Å². The average molecular weight is 296 g/mol. The molecule has 4 heteroatoms. The molecule has 0 aliphatic heterocycles. The Morgan fingerprint density at radius 1 is 0.762 bits per heavy atom. The Labute approximate surface area is 128 Å². The lowest BCUT2D eigenvalue weighted by atomic mass is 10.0. The number of rotatable bonds is 12. The molecule has 0 N–H and O–H groups in total. The van der Waals surface area contributed by atoms with Gasteiger partial charge in [0.15, 0.2) is 0 Å². The van der Waals surface area contributed by atoms with Gasteiger partial charge < -0.3 is 9.47 Å². The largest absolute Gasteiger partial charge is 0.466 e. The summed E-state index contributed by atoms with van der Waals surface area (Å²) in [7, 11) is 0. The van der Waals surface area contributed by atoms with Crippen molar-refractivity contribution in [3.8, 4) is 0 Å². The van der Waals surface area contributed by atoms with Crippen LogP contribution in [-0.4, -0.2) is 25.2 Å². The molecule has 0 fully saturated rings. The zero-order valence-corrected chi connectivity index (χ0v) is 13.4. The van der Waals surface area contributed by atoms with Gasteiger partial charge in [0.1, 0.15) is 0 Å². The van der Waals surface area contributed by atoms with Crippen LogP contribution in [0.15, 0.2) is 24.3 Å². The second-order valence-corrected chi connectivity index (χ2v) is 5.02. The third kappa shape index (κ3) is 11.9. The summed E-state index contributed by atoms with van der Waals surface area (Å²) in [4.78, 5) is 22.5. The molecule has 21 heavy (non-hydrogen) atoms. The van der Waals surface area contributed by atoms with E-state index in [0.717, 1.165) is 43.3 Å². The number of unbranched alkanes of at least 4 members (excludes halogenated alkanes) is 2. The van der Waals surface area contributed by atoms with Crippen LogP contribution in [0.2, 0.25) is 0 Å². The number of esters is 2. The summed E-state index contributed by atoms with van der Waals surface area (Å²) in [6, 6.07) is 0. The zero-order valence-electron chi connectivity index (χ0n) is 13.4. The molecule has 0 aliphatic rings. The summed E-state index contributed by atoms with van der Waals surface area (Å²) < 4.78 is 9.75. The van der Waals surface area contributed by atoms with Crippen molar-refractivity contribution in [2.45, 2.75) is 58.8 Å². The van der Waals surface area contributed by atoms with Crippen LogP contribution < -0.4 is 0 Å². The topological polar surface area (TPSA) is 52.6 Å². The van der Waals surface area contributed by atoms with Gasteiger partial charge in [0, 0.05) is 0 Å². The predicted octanol–water partition coefficient (Wildman–Crippen LogP) is 3.96. The molecule has 0 bridgehead atoms. The van der Waals surface area contributed by atoms with Crippen molar-refractivity contribution in [3.05, 3.63) is 24.3 Å². The average Bonchev–Trinajstić information content (AvgIpc) is 2.38. The van der Waals surface area contributed by atoms with Crippen LogP contribution in [0, 0.1) is 0 Å². The van der Waals surface area contributed by atoms with E-state index >= 15 is 0 Å². The molecule has 0 saturated heterocycles. The molecule has 4 nitrogen and oxygen atoms in total. The number of hydrogen-bond acceptors (Lipinski definition) is 4. The smallest absolute Gasteiger partial charge is 0.309 e. The van der Waals surface area contributed by atoms with Crippen LogP contribution in [0.5, 0.6) is 0 Å². The predicted molar refractivity (Wildman–Crippen MR) is 83.9 cm³/mol. The summed E-state index contributed by atoms with van der Waals surface area (Å²) in [5.41, 5.74) is 1.83. The van der Waals surface area contributed by atoms with Gasteiger partial charge in [-0.2, -0.15) is 0 Å². The third-order valence-electron chi connectivity index (χ3n) is 2.96. The SMILES string of the molecule is C=C(CCCCCC(=C)CC(=O)OCC)CC(=O)OCC. The summed E-state index contributed by atoms with van der Waals surface area (Å²) >= 11 is 0. The highest BCUT2D eigenvalue weighted by atomic mass is 16.5. The quantitative estimate of drug-likeness (QED) is 0.311. The van der Waals surface area contributed by atoms with E-state index in [1.807, 2.05) is 0 Å². The lowest BCUT2D eigenvalue weighted by Crippen LogP contribution is -2.05. The number of ether oxygens (including phenoxy) is 2. The first-order valence-corrected chi connectivity index (χ1v) is 7.64. The highest BCUT2D eigenvalue weighted by molar-refractivity contribution is 5.72. The van der Waals surface area contributed by atoms with Crippen LogP contribution in [0.1, 0.15) is 58.8 Å². The minimum absolute atomic E-state index is 0.203. The van der Waals surface area contributed by atoms with E-state index in [9.17, 15) is 9.59 Å². The van der Waals surface area contributed by atoms with Gasteiger partial charge in [-0.15, -0.1) is 0 Å². The monoisotopic (exact) mass is 296 g/mol. The van der Waals surface area contributed by atoms with Crippen molar-refractivity contribution < 1.29 is 19.1 Å². The summed E-state index contributed by atoms with van der Waals surface area (Å²) in [6.07, 6.45) is 5.30. The van der Waals surface area contributed by atoms with Crippen LogP contribution in [-0.2, 0) is 19.1 Å². The molecular weight excluding hydrogens is 268 g/mol. The lowest BCUT2D eigenvalue weighted by molar-refractivity contribution is -0.143. The van der Waals surface area contributed by atoms with Gasteiger partial charge in [0.2, 0.25) is 0 Å². The molecule has 0 spiro atoms. The Morgan fingerprint density at radius 2 is 1.14 bits per heavy atom. The van der Waals surface area contributed by atoms with E-state index in [-0.39, 0.29) is 11.9 Å². The molecule has 0 radical (unpaired) electrons. The molecule has 0 saturated carbocycles. The molecule has 0 amide bonds. The Kier molecular flexibility index (Phi) is 11.3. The highest BCUT2D eigenvalue weighted by Gasteiger charge is 2.06. The summed E-state index contributed by atoms with van der Waals surface area (Å²) in [5, 5.41) is 0. The molecule has 0 aromatic carbocycles. The van der Waals surface area contributed by atoms with Crippen molar-refractivity contribution in [2.24, 2.45) is 0 Å². The second kappa shape index (κ2) is 12.2. The maximum Gasteiger partial charge on any atom is 0.309 e. The first-order valence-electron chi connectivity index (χ1n) is 7.64. The molecule has 120 valence electrons. The molecule has 0 heterocycles. The summed E-state index contributed by atoms with van der Waals surface area (Å²) in [5.74, 6) is -0.407. The molecule has 0 atom stereocenters. The van der Waals surface area contributed by atoms with E-state index in [1.165, 1.54) is 0 Å². The zero-order chi connectivity index (χ0) is 16.1.